The van der Waals surface area contributed by atoms with Crippen LogP contribution >= 0.6 is 0 Å². The highest BCUT2D eigenvalue weighted by molar-refractivity contribution is 5.74. The van der Waals surface area contributed by atoms with E-state index >= 15 is 0 Å². The first kappa shape index (κ1) is 15.3. The maximum Gasteiger partial charge on any atom is 0.317 e. The van der Waals surface area contributed by atoms with E-state index in [0.29, 0.717) is 6.04 Å². The number of nitrogens with zero attached hydrogens (tertiary/aromatic N) is 1. The van der Waals surface area contributed by atoms with Crippen LogP contribution in [0.1, 0.15) is 46.5 Å². The molecule has 0 radical (unpaired) electrons. The van der Waals surface area contributed by atoms with Crippen molar-refractivity contribution in [2.75, 3.05) is 26.3 Å². The summed E-state index contributed by atoms with van der Waals surface area (Å²) < 4.78 is 5.26. The summed E-state index contributed by atoms with van der Waals surface area (Å²) in [6.07, 6.45) is 4.25. The Balaban J connectivity index is 2.12. The van der Waals surface area contributed by atoms with E-state index in [1.54, 1.807) is 0 Å². The number of hydrogen-bond donors (Lipinski definition) is 1. The molecule has 4 heteroatoms. The molecule has 0 aliphatic carbocycles. The molecule has 2 amide bonds. The fraction of sp³-hybridized carbons (Fsp3) is 0.929. The van der Waals surface area contributed by atoms with Gasteiger partial charge in [-0.25, -0.2) is 4.79 Å². The van der Waals surface area contributed by atoms with E-state index in [1.807, 2.05) is 11.8 Å². The van der Waals surface area contributed by atoms with Gasteiger partial charge in [-0.05, 0) is 45.4 Å². The number of unbranched alkanes of at least 4 members (excludes halogenated alkanes) is 1. The summed E-state index contributed by atoms with van der Waals surface area (Å²) in [7, 11) is 0. The molecule has 0 spiro atoms. The summed E-state index contributed by atoms with van der Waals surface area (Å²) in [6, 6.07) is 0.475. The van der Waals surface area contributed by atoms with Gasteiger partial charge in [-0.15, -0.1) is 0 Å². The van der Waals surface area contributed by atoms with Crippen LogP contribution in [-0.4, -0.2) is 43.3 Å². The number of hydrogen-bond acceptors (Lipinski definition) is 2. The number of rotatable bonds is 6. The van der Waals surface area contributed by atoms with Crippen LogP contribution in [0.15, 0.2) is 0 Å². The van der Waals surface area contributed by atoms with E-state index in [4.69, 9.17) is 4.74 Å². The summed E-state index contributed by atoms with van der Waals surface area (Å²) in [5.41, 5.74) is 0. The van der Waals surface area contributed by atoms with Crippen LogP contribution in [0.3, 0.4) is 0 Å². The fourth-order valence-corrected chi connectivity index (χ4v) is 2.48. The quantitative estimate of drug-likeness (QED) is 0.742. The normalized spacial score (nSPS) is 24.1. The largest absolute Gasteiger partial charge is 0.382 e. The third kappa shape index (κ3) is 5.25. The second kappa shape index (κ2) is 8.35. The van der Waals surface area contributed by atoms with Gasteiger partial charge in [-0.1, -0.05) is 6.92 Å². The topological polar surface area (TPSA) is 41.6 Å². The van der Waals surface area contributed by atoms with Crippen LogP contribution in [0.5, 0.6) is 0 Å². The molecule has 1 saturated heterocycles. The minimum Gasteiger partial charge on any atom is -0.382 e. The van der Waals surface area contributed by atoms with Crippen molar-refractivity contribution in [3.63, 3.8) is 0 Å². The number of nitrogens with one attached hydrogen (secondary N) is 1. The van der Waals surface area contributed by atoms with Gasteiger partial charge in [0.25, 0.3) is 0 Å². The Morgan fingerprint density at radius 1 is 1.39 bits per heavy atom. The molecule has 2 atom stereocenters. The van der Waals surface area contributed by atoms with Crippen LogP contribution < -0.4 is 5.32 Å². The molecule has 0 unspecified atom stereocenters. The summed E-state index contributed by atoms with van der Waals surface area (Å²) >= 11 is 0. The summed E-state index contributed by atoms with van der Waals surface area (Å²) in [4.78, 5) is 14.0. The molecule has 18 heavy (non-hydrogen) atoms. The Morgan fingerprint density at radius 2 is 2.17 bits per heavy atom. The second-order valence-electron chi connectivity index (χ2n) is 5.31. The molecule has 106 valence electrons. The van der Waals surface area contributed by atoms with Gasteiger partial charge in [0.05, 0.1) is 0 Å². The van der Waals surface area contributed by atoms with Crippen molar-refractivity contribution in [3.8, 4) is 0 Å². The number of likely N-dealkylation sites (tertiary alicyclic amines) is 1. The molecule has 1 N–H and O–H groups in total. The van der Waals surface area contributed by atoms with Gasteiger partial charge >= 0.3 is 6.03 Å². The zero-order valence-electron chi connectivity index (χ0n) is 12.1. The van der Waals surface area contributed by atoms with Crippen molar-refractivity contribution < 1.29 is 9.53 Å². The average Bonchev–Trinajstić information content (AvgIpc) is 2.33. The molecule has 0 aromatic heterocycles. The Hall–Kier alpha value is -0.770. The third-order valence-corrected chi connectivity index (χ3v) is 3.60. The minimum absolute atomic E-state index is 0.103. The second-order valence-corrected chi connectivity index (χ2v) is 5.31. The number of amides is 2. The molecule has 1 heterocycles. The van der Waals surface area contributed by atoms with E-state index in [0.717, 1.165) is 57.9 Å². The summed E-state index contributed by atoms with van der Waals surface area (Å²) in [5, 5.41) is 3.01. The van der Waals surface area contributed by atoms with E-state index < -0.39 is 0 Å². The van der Waals surface area contributed by atoms with Crippen LogP contribution in [0.2, 0.25) is 0 Å². The maximum atomic E-state index is 12.0. The molecule has 0 aromatic carbocycles. The molecular formula is C14H28N2O2. The van der Waals surface area contributed by atoms with Crippen molar-refractivity contribution in [2.45, 2.75) is 52.5 Å². The fourth-order valence-electron chi connectivity index (χ4n) is 2.48. The number of ether oxygens (including phenoxy) is 1. The number of piperidine rings is 1. The SMILES string of the molecule is CCOCCCCNC(=O)N1CC[C@H](C)C[C@H]1C. The molecule has 1 fully saturated rings. The van der Waals surface area contributed by atoms with Gasteiger partial charge in [0, 0.05) is 32.3 Å². The molecule has 1 rings (SSSR count). The van der Waals surface area contributed by atoms with Crippen molar-refractivity contribution >= 4 is 6.03 Å². The van der Waals surface area contributed by atoms with Crippen molar-refractivity contribution in [3.05, 3.63) is 0 Å². The number of carbonyl (C=O) groups is 1. The van der Waals surface area contributed by atoms with Crippen molar-refractivity contribution in [1.29, 1.82) is 0 Å². The van der Waals surface area contributed by atoms with Gasteiger partial charge in [0.15, 0.2) is 0 Å². The molecule has 0 saturated carbocycles. The molecule has 1 aliphatic rings. The van der Waals surface area contributed by atoms with Gasteiger partial charge in [-0.2, -0.15) is 0 Å². The Kier molecular flexibility index (Phi) is 7.09. The lowest BCUT2D eigenvalue weighted by Crippen LogP contribution is -2.49. The van der Waals surface area contributed by atoms with Gasteiger partial charge in [0.1, 0.15) is 0 Å². The molecule has 1 aliphatic heterocycles. The number of carbonyl (C=O) groups excluding carboxylic acids is 1. The Morgan fingerprint density at radius 3 is 2.83 bits per heavy atom. The zero-order valence-corrected chi connectivity index (χ0v) is 12.1. The first-order chi connectivity index (χ1) is 8.65. The standard InChI is InChI=1S/C14H28N2O2/c1-4-18-10-6-5-8-15-14(17)16-9-7-12(2)11-13(16)3/h12-13H,4-11H2,1-3H3,(H,15,17)/t12-,13+/m0/s1. The lowest BCUT2D eigenvalue weighted by Gasteiger charge is -2.36. The molecule has 0 bridgehead atoms. The smallest absolute Gasteiger partial charge is 0.317 e. The van der Waals surface area contributed by atoms with Gasteiger partial charge in [-0.3, -0.25) is 0 Å². The Bertz CT molecular complexity index is 246. The molecule has 0 aromatic rings. The predicted octanol–water partition coefficient (Wildman–Crippen LogP) is 2.63. The highest BCUT2D eigenvalue weighted by Crippen LogP contribution is 2.21. The highest BCUT2D eigenvalue weighted by atomic mass is 16.5. The number of urea groups is 1. The van der Waals surface area contributed by atoms with Crippen LogP contribution in [0.4, 0.5) is 4.79 Å². The highest BCUT2D eigenvalue weighted by Gasteiger charge is 2.26. The average molecular weight is 256 g/mol. The van der Waals surface area contributed by atoms with Crippen LogP contribution in [0, 0.1) is 5.92 Å². The first-order valence-electron chi connectivity index (χ1n) is 7.27. The van der Waals surface area contributed by atoms with Gasteiger partial charge < -0.3 is 15.0 Å². The van der Waals surface area contributed by atoms with E-state index in [1.165, 1.54) is 0 Å². The van der Waals surface area contributed by atoms with Crippen molar-refractivity contribution in [2.24, 2.45) is 5.92 Å². The lowest BCUT2D eigenvalue weighted by molar-refractivity contribution is 0.136. The summed E-state index contributed by atoms with van der Waals surface area (Å²) in [6.45, 7) is 9.63. The Labute approximate surface area is 111 Å². The van der Waals surface area contributed by atoms with Crippen molar-refractivity contribution in [1.82, 2.24) is 10.2 Å². The predicted molar refractivity (Wildman–Crippen MR) is 73.7 cm³/mol. The molecule has 4 nitrogen and oxygen atoms in total. The zero-order chi connectivity index (χ0) is 13.4. The minimum atomic E-state index is 0.103. The summed E-state index contributed by atoms with van der Waals surface area (Å²) in [5.74, 6) is 0.746. The monoisotopic (exact) mass is 256 g/mol. The van der Waals surface area contributed by atoms with Crippen LogP contribution in [0.25, 0.3) is 0 Å². The van der Waals surface area contributed by atoms with E-state index in [2.05, 4.69) is 19.2 Å². The maximum absolute atomic E-state index is 12.0. The lowest BCUT2D eigenvalue weighted by atomic mass is 9.94. The van der Waals surface area contributed by atoms with Gasteiger partial charge in [0.2, 0.25) is 0 Å². The van der Waals surface area contributed by atoms with Crippen LogP contribution in [-0.2, 0) is 4.74 Å². The van der Waals surface area contributed by atoms with E-state index in [-0.39, 0.29) is 6.03 Å². The molecular weight excluding hydrogens is 228 g/mol. The first-order valence-corrected chi connectivity index (χ1v) is 7.27. The third-order valence-electron chi connectivity index (χ3n) is 3.60. The van der Waals surface area contributed by atoms with E-state index in [9.17, 15) is 4.79 Å².